The minimum atomic E-state index is -0.676. The molecule has 2 aromatic carbocycles. The van der Waals surface area contributed by atoms with E-state index in [2.05, 4.69) is 0 Å². The van der Waals surface area contributed by atoms with Gasteiger partial charge in [-0.15, -0.1) is 0 Å². The van der Waals surface area contributed by atoms with E-state index in [9.17, 15) is 5.11 Å². The van der Waals surface area contributed by atoms with Gasteiger partial charge in [-0.3, -0.25) is 0 Å². The highest BCUT2D eigenvalue weighted by Crippen LogP contribution is 2.28. The number of halogens is 2. The quantitative estimate of drug-likeness (QED) is 0.855. The van der Waals surface area contributed by atoms with Crippen LogP contribution in [0.2, 0.25) is 10.0 Å². The third kappa shape index (κ3) is 2.81. The van der Waals surface area contributed by atoms with E-state index in [-0.39, 0.29) is 0 Å². The van der Waals surface area contributed by atoms with E-state index in [0.717, 1.165) is 16.7 Å². The number of aliphatic hydroxyl groups excluding tert-OH is 1. The molecule has 1 N–H and O–H groups in total. The lowest BCUT2D eigenvalue weighted by molar-refractivity contribution is 0.220. The van der Waals surface area contributed by atoms with Crippen LogP contribution in [0.5, 0.6) is 0 Å². The average molecular weight is 267 g/mol. The van der Waals surface area contributed by atoms with Crippen molar-refractivity contribution in [3.8, 4) is 0 Å². The molecule has 3 heteroatoms. The molecule has 0 aliphatic rings. The zero-order chi connectivity index (χ0) is 12.4. The summed E-state index contributed by atoms with van der Waals surface area (Å²) in [6.45, 7) is 1.99. The summed E-state index contributed by atoms with van der Waals surface area (Å²) in [4.78, 5) is 0. The lowest BCUT2D eigenvalue weighted by Crippen LogP contribution is -1.99. The Balaban J connectivity index is 2.36. The fourth-order valence-corrected chi connectivity index (χ4v) is 2.02. The minimum Gasteiger partial charge on any atom is -0.384 e. The maximum atomic E-state index is 10.2. The molecule has 0 saturated carbocycles. The molecule has 0 spiro atoms. The second-order valence-corrected chi connectivity index (χ2v) is 4.80. The first kappa shape index (κ1) is 12.4. The predicted molar refractivity (Wildman–Crippen MR) is 71.7 cm³/mol. The van der Waals surface area contributed by atoms with Gasteiger partial charge in [0.25, 0.3) is 0 Å². The molecule has 0 bridgehead atoms. The maximum Gasteiger partial charge on any atom is 0.104 e. The van der Waals surface area contributed by atoms with Gasteiger partial charge < -0.3 is 5.11 Å². The standard InChI is InChI=1S/C14H12Cl2O/c1-9-3-2-4-10(7-9)14(17)11-5-6-12(15)13(16)8-11/h2-8,14,17H,1H3/t14-/m0/s1. The van der Waals surface area contributed by atoms with Gasteiger partial charge in [-0.05, 0) is 30.2 Å². The summed E-state index contributed by atoms with van der Waals surface area (Å²) in [5, 5.41) is 11.2. The number of hydrogen-bond acceptors (Lipinski definition) is 1. The Morgan fingerprint density at radius 3 is 2.29 bits per heavy atom. The van der Waals surface area contributed by atoms with Gasteiger partial charge in [0.1, 0.15) is 6.10 Å². The third-order valence-electron chi connectivity index (χ3n) is 2.62. The summed E-state index contributed by atoms with van der Waals surface area (Å²) in [5.74, 6) is 0. The van der Waals surface area contributed by atoms with Gasteiger partial charge in [0.2, 0.25) is 0 Å². The van der Waals surface area contributed by atoms with Crippen LogP contribution in [0.3, 0.4) is 0 Å². The highest BCUT2D eigenvalue weighted by Gasteiger charge is 2.11. The van der Waals surface area contributed by atoms with Crippen LogP contribution in [0, 0.1) is 6.92 Å². The van der Waals surface area contributed by atoms with Gasteiger partial charge in [-0.25, -0.2) is 0 Å². The topological polar surface area (TPSA) is 20.2 Å². The Hall–Kier alpha value is -1.02. The summed E-state index contributed by atoms with van der Waals surface area (Å²) >= 11 is 11.8. The molecule has 0 unspecified atom stereocenters. The largest absolute Gasteiger partial charge is 0.384 e. The van der Waals surface area contributed by atoms with Crippen LogP contribution in [-0.4, -0.2) is 5.11 Å². The first-order valence-electron chi connectivity index (χ1n) is 5.27. The number of hydrogen-bond donors (Lipinski definition) is 1. The predicted octanol–water partition coefficient (Wildman–Crippen LogP) is 4.38. The highest BCUT2D eigenvalue weighted by molar-refractivity contribution is 6.42. The average Bonchev–Trinajstić information content (AvgIpc) is 2.32. The van der Waals surface area contributed by atoms with E-state index >= 15 is 0 Å². The van der Waals surface area contributed by atoms with E-state index in [0.29, 0.717) is 10.0 Å². The monoisotopic (exact) mass is 266 g/mol. The SMILES string of the molecule is Cc1cccc([C@H](O)c2ccc(Cl)c(Cl)c2)c1. The fraction of sp³-hybridized carbons (Fsp3) is 0.143. The Labute approximate surface area is 111 Å². The van der Waals surface area contributed by atoms with Gasteiger partial charge in [0.15, 0.2) is 0 Å². The van der Waals surface area contributed by atoms with Gasteiger partial charge >= 0.3 is 0 Å². The zero-order valence-corrected chi connectivity index (χ0v) is 10.8. The molecule has 2 rings (SSSR count). The van der Waals surface area contributed by atoms with Gasteiger partial charge in [-0.2, -0.15) is 0 Å². The molecule has 0 aliphatic heterocycles. The smallest absolute Gasteiger partial charge is 0.104 e. The van der Waals surface area contributed by atoms with Gasteiger partial charge in [0.05, 0.1) is 10.0 Å². The van der Waals surface area contributed by atoms with Crippen molar-refractivity contribution in [2.75, 3.05) is 0 Å². The van der Waals surface area contributed by atoms with Crippen molar-refractivity contribution >= 4 is 23.2 Å². The Kier molecular flexibility index (Phi) is 3.72. The fourth-order valence-electron chi connectivity index (χ4n) is 1.72. The van der Waals surface area contributed by atoms with E-state index < -0.39 is 6.10 Å². The summed E-state index contributed by atoms with van der Waals surface area (Å²) < 4.78 is 0. The van der Waals surface area contributed by atoms with Crippen LogP contribution in [-0.2, 0) is 0 Å². The van der Waals surface area contributed by atoms with E-state index in [1.165, 1.54) is 0 Å². The summed E-state index contributed by atoms with van der Waals surface area (Å²) in [5.41, 5.74) is 2.70. The normalized spacial score (nSPS) is 12.5. The van der Waals surface area contributed by atoms with Crippen molar-refractivity contribution in [2.24, 2.45) is 0 Å². The van der Waals surface area contributed by atoms with Gasteiger partial charge in [0, 0.05) is 0 Å². The molecule has 0 saturated heterocycles. The second kappa shape index (κ2) is 5.09. The Morgan fingerprint density at radius 2 is 1.65 bits per heavy atom. The van der Waals surface area contributed by atoms with Crippen molar-refractivity contribution in [1.29, 1.82) is 0 Å². The molecule has 0 fully saturated rings. The second-order valence-electron chi connectivity index (χ2n) is 3.99. The number of rotatable bonds is 2. The molecule has 0 amide bonds. The molecular weight excluding hydrogens is 255 g/mol. The van der Waals surface area contributed by atoms with Crippen molar-refractivity contribution in [1.82, 2.24) is 0 Å². The molecule has 0 aromatic heterocycles. The molecule has 1 atom stereocenters. The molecule has 88 valence electrons. The third-order valence-corrected chi connectivity index (χ3v) is 3.36. The molecule has 0 heterocycles. The van der Waals surface area contributed by atoms with E-state index in [4.69, 9.17) is 23.2 Å². The zero-order valence-electron chi connectivity index (χ0n) is 9.32. The van der Waals surface area contributed by atoms with Crippen LogP contribution in [0.1, 0.15) is 22.8 Å². The van der Waals surface area contributed by atoms with Crippen molar-refractivity contribution in [3.05, 3.63) is 69.2 Å². The molecule has 2 aromatic rings. The molecule has 17 heavy (non-hydrogen) atoms. The van der Waals surface area contributed by atoms with Crippen LogP contribution >= 0.6 is 23.2 Å². The van der Waals surface area contributed by atoms with Crippen LogP contribution < -0.4 is 0 Å². The lowest BCUT2D eigenvalue weighted by Gasteiger charge is -2.12. The first-order chi connectivity index (χ1) is 8.08. The molecule has 0 radical (unpaired) electrons. The molecule has 0 aliphatic carbocycles. The lowest BCUT2D eigenvalue weighted by atomic mass is 10.0. The first-order valence-corrected chi connectivity index (χ1v) is 6.03. The number of benzene rings is 2. The van der Waals surface area contributed by atoms with E-state index in [1.807, 2.05) is 31.2 Å². The highest BCUT2D eigenvalue weighted by atomic mass is 35.5. The maximum absolute atomic E-state index is 10.2. The van der Waals surface area contributed by atoms with Crippen LogP contribution in [0.25, 0.3) is 0 Å². The number of aliphatic hydroxyl groups is 1. The van der Waals surface area contributed by atoms with Crippen LogP contribution in [0.15, 0.2) is 42.5 Å². The van der Waals surface area contributed by atoms with Crippen LogP contribution in [0.4, 0.5) is 0 Å². The number of aryl methyl sites for hydroxylation is 1. The minimum absolute atomic E-state index is 0.455. The summed E-state index contributed by atoms with van der Waals surface area (Å²) in [7, 11) is 0. The Morgan fingerprint density at radius 1 is 0.941 bits per heavy atom. The van der Waals surface area contributed by atoms with Crippen molar-refractivity contribution < 1.29 is 5.11 Å². The summed E-state index contributed by atoms with van der Waals surface area (Å²) in [6.07, 6.45) is -0.676. The van der Waals surface area contributed by atoms with Crippen molar-refractivity contribution in [3.63, 3.8) is 0 Å². The molecule has 1 nitrogen and oxygen atoms in total. The van der Waals surface area contributed by atoms with Gasteiger partial charge in [-0.1, -0.05) is 59.1 Å². The molecular formula is C14H12Cl2O. The summed E-state index contributed by atoms with van der Waals surface area (Å²) in [6, 6.07) is 12.9. The Bertz CT molecular complexity index is 537. The van der Waals surface area contributed by atoms with Crippen molar-refractivity contribution in [2.45, 2.75) is 13.0 Å². The van der Waals surface area contributed by atoms with E-state index in [1.54, 1.807) is 18.2 Å².